The van der Waals surface area contributed by atoms with Crippen molar-refractivity contribution in [2.45, 2.75) is 20.0 Å². The fraction of sp³-hybridized carbons (Fsp3) is 0.160. The van der Waals surface area contributed by atoms with Crippen LogP contribution >= 0.6 is 0 Å². The van der Waals surface area contributed by atoms with Crippen LogP contribution in [0.5, 0.6) is 0 Å². The molecule has 1 heterocycles. The number of hydrogen-bond acceptors (Lipinski definition) is 5. The molecule has 0 atom stereocenters. The second-order valence-electron chi connectivity index (χ2n) is 7.70. The molecule has 0 saturated carbocycles. The van der Waals surface area contributed by atoms with Crippen molar-refractivity contribution in [1.82, 2.24) is 25.5 Å². The summed E-state index contributed by atoms with van der Waals surface area (Å²) in [6.45, 7) is 1.85. The van der Waals surface area contributed by atoms with E-state index in [0.29, 0.717) is 12.2 Å². The van der Waals surface area contributed by atoms with E-state index < -0.39 is 11.7 Å². The van der Waals surface area contributed by atoms with Gasteiger partial charge >= 0.3 is 0 Å². The van der Waals surface area contributed by atoms with E-state index in [-0.39, 0.29) is 30.4 Å². The Morgan fingerprint density at radius 1 is 0.971 bits per heavy atom. The Morgan fingerprint density at radius 2 is 1.68 bits per heavy atom. The Balaban J connectivity index is 1.48. The number of rotatable bonds is 8. The molecule has 0 aliphatic heterocycles. The van der Waals surface area contributed by atoms with Gasteiger partial charge in [-0.05, 0) is 42.0 Å². The van der Waals surface area contributed by atoms with Crippen LogP contribution < -0.4 is 10.2 Å². The fourth-order valence-electron chi connectivity index (χ4n) is 3.31. The number of hydrogen-bond donors (Lipinski definition) is 1. The SMILES string of the molecule is Cc1ccc(N(CC(=O)NCc2ccccc2)C(=O)Cn2nnc(-c3ccccc3F)n2)cc1. The van der Waals surface area contributed by atoms with E-state index in [1.54, 1.807) is 24.3 Å². The summed E-state index contributed by atoms with van der Waals surface area (Å²) in [6, 6.07) is 22.8. The van der Waals surface area contributed by atoms with Gasteiger partial charge in [-0.1, -0.05) is 60.2 Å². The number of nitrogens with one attached hydrogen (secondary N) is 1. The van der Waals surface area contributed by atoms with Crippen LogP contribution in [0.4, 0.5) is 10.1 Å². The van der Waals surface area contributed by atoms with Gasteiger partial charge in [0.15, 0.2) is 0 Å². The van der Waals surface area contributed by atoms with Crippen LogP contribution in [0.1, 0.15) is 11.1 Å². The average molecular weight is 458 g/mol. The van der Waals surface area contributed by atoms with E-state index in [1.807, 2.05) is 49.4 Å². The lowest BCUT2D eigenvalue weighted by Crippen LogP contribution is -2.42. The Bertz CT molecular complexity index is 1270. The largest absolute Gasteiger partial charge is 0.350 e. The summed E-state index contributed by atoms with van der Waals surface area (Å²) >= 11 is 0. The highest BCUT2D eigenvalue weighted by Gasteiger charge is 2.21. The number of anilines is 1. The zero-order chi connectivity index (χ0) is 23.9. The number of tetrazole rings is 1. The minimum absolute atomic E-state index is 0.0772. The third-order valence-electron chi connectivity index (χ3n) is 5.13. The number of carbonyl (C=O) groups is 2. The third kappa shape index (κ3) is 5.69. The van der Waals surface area contributed by atoms with Crippen LogP contribution in [0.2, 0.25) is 0 Å². The molecule has 0 unspecified atom stereocenters. The van der Waals surface area contributed by atoms with Crippen molar-refractivity contribution in [3.63, 3.8) is 0 Å². The van der Waals surface area contributed by atoms with E-state index in [4.69, 9.17) is 0 Å². The topological polar surface area (TPSA) is 93.0 Å². The molecular formula is C25H23FN6O2. The lowest BCUT2D eigenvalue weighted by molar-refractivity contribution is -0.124. The van der Waals surface area contributed by atoms with E-state index in [2.05, 4.69) is 20.7 Å². The molecule has 4 aromatic rings. The molecule has 1 aromatic heterocycles. The second kappa shape index (κ2) is 10.5. The van der Waals surface area contributed by atoms with Crippen LogP contribution in [-0.4, -0.2) is 38.6 Å². The predicted molar refractivity (Wildman–Crippen MR) is 125 cm³/mol. The van der Waals surface area contributed by atoms with Crippen LogP contribution in [0.15, 0.2) is 78.9 Å². The van der Waals surface area contributed by atoms with Crippen molar-refractivity contribution in [2.24, 2.45) is 0 Å². The summed E-state index contributed by atoms with van der Waals surface area (Å²) < 4.78 is 14.0. The predicted octanol–water partition coefficient (Wildman–Crippen LogP) is 3.14. The van der Waals surface area contributed by atoms with Crippen molar-refractivity contribution in [1.29, 1.82) is 0 Å². The summed E-state index contributed by atoms with van der Waals surface area (Å²) in [5, 5.41) is 14.7. The van der Waals surface area contributed by atoms with E-state index in [1.165, 1.54) is 17.0 Å². The Kier molecular flexibility index (Phi) is 7.02. The van der Waals surface area contributed by atoms with E-state index >= 15 is 0 Å². The Morgan fingerprint density at radius 3 is 2.41 bits per heavy atom. The molecule has 0 saturated heterocycles. The number of carbonyl (C=O) groups excluding carboxylic acids is 2. The fourth-order valence-corrected chi connectivity index (χ4v) is 3.31. The molecular weight excluding hydrogens is 435 g/mol. The number of halogens is 1. The van der Waals surface area contributed by atoms with Gasteiger partial charge < -0.3 is 10.2 Å². The van der Waals surface area contributed by atoms with Gasteiger partial charge in [0.1, 0.15) is 18.9 Å². The quantitative estimate of drug-likeness (QED) is 0.438. The highest BCUT2D eigenvalue weighted by atomic mass is 19.1. The van der Waals surface area contributed by atoms with Gasteiger partial charge in [0, 0.05) is 12.2 Å². The number of nitrogens with zero attached hydrogens (tertiary/aromatic N) is 5. The zero-order valence-corrected chi connectivity index (χ0v) is 18.6. The molecule has 8 nitrogen and oxygen atoms in total. The number of aryl methyl sites for hydroxylation is 1. The first-order chi connectivity index (χ1) is 16.5. The monoisotopic (exact) mass is 458 g/mol. The molecule has 4 rings (SSSR count). The summed E-state index contributed by atoms with van der Waals surface area (Å²) in [5.74, 6) is -1.12. The molecule has 0 bridgehead atoms. The standard InChI is InChI=1S/C25H23FN6O2/c1-18-11-13-20(14-12-18)31(16-23(33)27-15-19-7-3-2-4-8-19)24(34)17-32-29-25(28-30-32)21-9-5-6-10-22(21)26/h2-14H,15-17H2,1H3,(H,27,33). The minimum Gasteiger partial charge on any atom is -0.350 e. The molecule has 0 radical (unpaired) electrons. The molecule has 3 aromatic carbocycles. The van der Waals surface area contributed by atoms with Crippen molar-refractivity contribution in [3.8, 4) is 11.4 Å². The maximum atomic E-state index is 14.0. The molecule has 0 fully saturated rings. The molecule has 34 heavy (non-hydrogen) atoms. The molecule has 172 valence electrons. The van der Waals surface area contributed by atoms with Gasteiger partial charge in [-0.25, -0.2) is 4.39 Å². The minimum atomic E-state index is -0.482. The van der Waals surface area contributed by atoms with Crippen LogP contribution in [0, 0.1) is 12.7 Å². The second-order valence-corrected chi connectivity index (χ2v) is 7.70. The van der Waals surface area contributed by atoms with Gasteiger partial charge in [-0.15, -0.1) is 10.2 Å². The maximum absolute atomic E-state index is 14.0. The van der Waals surface area contributed by atoms with Crippen molar-refractivity contribution < 1.29 is 14.0 Å². The Hall–Kier alpha value is -4.40. The lowest BCUT2D eigenvalue weighted by atomic mass is 10.2. The summed E-state index contributed by atoms with van der Waals surface area (Å²) in [6.07, 6.45) is 0. The molecule has 0 spiro atoms. The van der Waals surface area contributed by atoms with E-state index in [9.17, 15) is 14.0 Å². The summed E-state index contributed by atoms with van der Waals surface area (Å²) in [7, 11) is 0. The Labute approximate surface area is 196 Å². The number of aromatic nitrogens is 4. The third-order valence-corrected chi connectivity index (χ3v) is 5.13. The van der Waals surface area contributed by atoms with Crippen molar-refractivity contribution >= 4 is 17.5 Å². The summed E-state index contributed by atoms with van der Waals surface area (Å²) in [5.41, 5.74) is 2.74. The molecule has 9 heteroatoms. The van der Waals surface area contributed by atoms with Gasteiger partial charge in [-0.3, -0.25) is 9.59 Å². The lowest BCUT2D eigenvalue weighted by Gasteiger charge is -2.22. The summed E-state index contributed by atoms with van der Waals surface area (Å²) in [4.78, 5) is 28.3. The van der Waals surface area contributed by atoms with Gasteiger partial charge in [-0.2, -0.15) is 4.80 Å². The molecule has 2 amide bonds. The number of benzene rings is 3. The highest BCUT2D eigenvalue weighted by Crippen LogP contribution is 2.18. The van der Waals surface area contributed by atoms with Crippen LogP contribution in [-0.2, 0) is 22.7 Å². The molecule has 0 aliphatic carbocycles. The number of amides is 2. The van der Waals surface area contributed by atoms with E-state index in [0.717, 1.165) is 15.9 Å². The molecule has 0 aliphatic rings. The van der Waals surface area contributed by atoms with Gasteiger partial charge in [0.05, 0.1) is 5.56 Å². The zero-order valence-electron chi connectivity index (χ0n) is 18.6. The smallest absolute Gasteiger partial charge is 0.251 e. The van der Waals surface area contributed by atoms with Gasteiger partial charge in [0.25, 0.3) is 5.91 Å². The first-order valence-corrected chi connectivity index (χ1v) is 10.7. The average Bonchev–Trinajstić information content (AvgIpc) is 3.31. The maximum Gasteiger partial charge on any atom is 0.251 e. The van der Waals surface area contributed by atoms with Gasteiger partial charge in [0.2, 0.25) is 11.7 Å². The molecule has 1 N–H and O–H groups in total. The van der Waals surface area contributed by atoms with Crippen molar-refractivity contribution in [2.75, 3.05) is 11.4 Å². The van der Waals surface area contributed by atoms with Crippen molar-refractivity contribution in [3.05, 3.63) is 95.8 Å². The normalized spacial score (nSPS) is 10.6. The van der Waals surface area contributed by atoms with Crippen LogP contribution in [0.3, 0.4) is 0 Å². The highest BCUT2D eigenvalue weighted by molar-refractivity contribution is 5.98. The first-order valence-electron chi connectivity index (χ1n) is 10.7. The van der Waals surface area contributed by atoms with Crippen LogP contribution in [0.25, 0.3) is 11.4 Å². The first kappa shape index (κ1) is 22.8.